The largest absolute Gasteiger partial charge is 0.345 e. The lowest BCUT2D eigenvalue weighted by Gasteiger charge is -2.19. The van der Waals surface area contributed by atoms with Crippen molar-refractivity contribution in [1.82, 2.24) is 14.9 Å². The third kappa shape index (κ3) is 4.52. The molecule has 2 aromatic heterocycles. The Kier molecular flexibility index (Phi) is 6.09. The quantitative estimate of drug-likeness (QED) is 0.855. The van der Waals surface area contributed by atoms with Gasteiger partial charge in [-0.05, 0) is 31.0 Å². The van der Waals surface area contributed by atoms with Crippen molar-refractivity contribution in [1.29, 1.82) is 0 Å². The Balaban J connectivity index is 2.17. The summed E-state index contributed by atoms with van der Waals surface area (Å²) in [5, 5.41) is 3.02. The van der Waals surface area contributed by atoms with Crippen LogP contribution in [0.1, 0.15) is 55.1 Å². The maximum Gasteiger partial charge on any atom is 0.252 e. The second kappa shape index (κ2) is 8.27. The minimum absolute atomic E-state index is 0.0928. The van der Waals surface area contributed by atoms with Crippen LogP contribution in [0.4, 0.5) is 0 Å². The lowest BCUT2D eigenvalue weighted by Crippen LogP contribution is -2.30. The monoisotopic (exact) mass is 313 g/mol. The van der Waals surface area contributed by atoms with Crippen LogP contribution >= 0.6 is 0 Å². The number of carbonyl (C=O) groups is 1. The molecule has 5 heteroatoms. The van der Waals surface area contributed by atoms with Crippen LogP contribution in [0.3, 0.4) is 0 Å². The van der Waals surface area contributed by atoms with Crippen LogP contribution in [0.2, 0.25) is 0 Å². The van der Waals surface area contributed by atoms with Gasteiger partial charge in [-0.1, -0.05) is 25.8 Å². The lowest BCUT2D eigenvalue weighted by atomic mass is 10.0. The second-order valence-corrected chi connectivity index (χ2v) is 5.49. The molecule has 1 unspecified atom stereocenters. The van der Waals surface area contributed by atoms with E-state index < -0.39 is 0 Å². The minimum atomic E-state index is -0.227. The predicted octanol–water partition coefficient (Wildman–Crippen LogP) is 2.92. The van der Waals surface area contributed by atoms with Crippen LogP contribution in [0, 0.1) is 0 Å². The van der Waals surface area contributed by atoms with E-state index in [0.29, 0.717) is 12.1 Å². The second-order valence-electron chi connectivity index (χ2n) is 5.49. The predicted molar refractivity (Wildman–Crippen MR) is 90.3 cm³/mol. The normalized spacial score (nSPS) is 11.9. The molecule has 0 fully saturated rings. The van der Waals surface area contributed by atoms with Crippen LogP contribution in [0.5, 0.6) is 0 Å². The first-order valence-electron chi connectivity index (χ1n) is 8.07. The highest BCUT2D eigenvalue weighted by Crippen LogP contribution is 2.19. The molecule has 0 saturated heterocycles. The number of unbranched alkanes of at least 4 members (excludes halogenated alkanes) is 1. The summed E-state index contributed by atoms with van der Waals surface area (Å²) in [7, 11) is 0. The molecular weight excluding hydrogens is 290 g/mol. The van der Waals surface area contributed by atoms with Crippen molar-refractivity contribution < 1.29 is 4.79 Å². The topological polar surface area (TPSA) is 64.0 Å². The third-order valence-electron chi connectivity index (χ3n) is 3.84. The summed E-state index contributed by atoms with van der Waals surface area (Å²) in [6.45, 7) is 4.60. The van der Waals surface area contributed by atoms with E-state index in [0.717, 1.165) is 24.8 Å². The molecule has 23 heavy (non-hydrogen) atoms. The fourth-order valence-electron chi connectivity index (χ4n) is 2.46. The smallest absolute Gasteiger partial charge is 0.252 e. The van der Waals surface area contributed by atoms with E-state index in [1.807, 2.05) is 19.1 Å². The molecule has 0 saturated carbocycles. The molecule has 2 aromatic rings. The Labute approximate surface area is 136 Å². The molecule has 5 nitrogen and oxygen atoms in total. The van der Waals surface area contributed by atoms with Gasteiger partial charge in [-0.25, -0.2) is 0 Å². The number of carbonyl (C=O) groups excluding carboxylic acids is 1. The number of nitrogens with zero attached hydrogens (tertiary/aromatic N) is 2. The van der Waals surface area contributed by atoms with E-state index in [2.05, 4.69) is 17.2 Å². The Morgan fingerprint density at radius 2 is 2.17 bits per heavy atom. The van der Waals surface area contributed by atoms with E-state index in [-0.39, 0.29) is 17.5 Å². The number of rotatable bonds is 7. The Morgan fingerprint density at radius 3 is 2.78 bits per heavy atom. The molecule has 1 atom stereocenters. The Bertz CT molecular complexity index is 695. The van der Waals surface area contributed by atoms with Gasteiger partial charge in [-0.15, -0.1) is 0 Å². The first kappa shape index (κ1) is 16.9. The van der Waals surface area contributed by atoms with Crippen molar-refractivity contribution in [2.24, 2.45) is 0 Å². The van der Waals surface area contributed by atoms with Gasteiger partial charge in [-0.3, -0.25) is 14.6 Å². The third-order valence-corrected chi connectivity index (χ3v) is 3.84. The molecule has 0 aliphatic rings. The number of aromatic nitrogens is 2. The van der Waals surface area contributed by atoms with Crippen molar-refractivity contribution in [2.45, 2.75) is 45.7 Å². The number of aryl methyl sites for hydroxylation is 1. The van der Waals surface area contributed by atoms with Gasteiger partial charge in [-0.2, -0.15) is 0 Å². The Hall–Kier alpha value is -2.43. The fraction of sp³-hybridized carbons (Fsp3) is 0.389. The number of hydrogen-bond donors (Lipinski definition) is 1. The van der Waals surface area contributed by atoms with E-state index in [1.165, 1.54) is 6.07 Å². The van der Waals surface area contributed by atoms with Crippen LogP contribution in [0.15, 0.2) is 47.7 Å². The first-order valence-corrected chi connectivity index (χ1v) is 8.07. The number of amides is 1. The van der Waals surface area contributed by atoms with Gasteiger partial charge in [0.2, 0.25) is 0 Å². The van der Waals surface area contributed by atoms with Crippen LogP contribution in [0.25, 0.3) is 0 Å². The molecule has 0 aromatic carbocycles. The van der Waals surface area contributed by atoms with Gasteiger partial charge in [0.25, 0.3) is 11.5 Å². The minimum Gasteiger partial charge on any atom is -0.345 e. The summed E-state index contributed by atoms with van der Waals surface area (Å²) in [4.78, 5) is 28.5. The summed E-state index contributed by atoms with van der Waals surface area (Å²) in [6.07, 6.45) is 8.06. The number of hydrogen-bond acceptors (Lipinski definition) is 3. The van der Waals surface area contributed by atoms with Crippen LogP contribution < -0.4 is 10.9 Å². The molecule has 0 aliphatic heterocycles. The van der Waals surface area contributed by atoms with Gasteiger partial charge in [0, 0.05) is 36.8 Å². The van der Waals surface area contributed by atoms with Crippen molar-refractivity contribution >= 4 is 5.91 Å². The zero-order chi connectivity index (χ0) is 16.7. The van der Waals surface area contributed by atoms with Crippen molar-refractivity contribution in [3.8, 4) is 0 Å². The van der Waals surface area contributed by atoms with Gasteiger partial charge in [0.1, 0.15) is 0 Å². The maximum absolute atomic E-state index is 12.5. The highest BCUT2D eigenvalue weighted by atomic mass is 16.2. The average molecular weight is 313 g/mol. The lowest BCUT2D eigenvalue weighted by molar-refractivity contribution is 0.0933. The van der Waals surface area contributed by atoms with Gasteiger partial charge in [0.15, 0.2) is 0 Å². The van der Waals surface area contributed by atoms with E-state index >= 15 is 0 Å². The summed E-state index contributed by atoms with van der Waals surface area (Å²) in [5.74, 6) is -0.227. The zero-order valence-electron chi connectivity index (χ0n) is 13.7. The molecule has 1 N–H and O–H groups in total. The van der Waals surface area contributed by atoms with Crippen molar-refractivity contribution in [3.63, 3.8) is 0 Å². The summed E-state index contributed by atoms with van der Waals surface area (Å²) in [5.41, 5.74) is 1.22. The van der Waals surface area contributed by atoms with Gasteiger partial charge < -0.3 is 9.88 Å². The molecule has 122 valence electrons. The molecular formula is C18H23N3O2. The fourth-order valence-corrected chi connectivity index (χ4v) is 2.46. The van der Waals surface area contributed by atoms with E-state index in [4.69, 9.17) is 0 Å². The van der Waals surface area contributed by atoms with Crippen molar-refractivity contribution in [3.05, 3.63) is 64.3 Å². The van der Waals surface area contributed by atoms with Crippen LogP contribution in [-0.2, 0) is 6.54 Å². The molecule has 0 spiro atoms. The SMILES string of the molecule is CCCCC(NC(=O)c1ccn(CC)c(=O)c1)c1cccnc1. The van der Waals surface area contributed by atoms with E-state index in [1.54, 1.807) is 29.2 Å². The highest BCUT2D eigenvalue weighted by molar-refractivity contribution is 5.94. The molecule has 2 rings (SSSR count). The van der Waals surface area contributed by atoms with Crippen LogP contribution in [-0.4, -0.2) is 15.5 Å². The molecule has 0 aliphatic carbocycles. The summed E-state index contributed by atoms with van der Waals surface area (Å²) >= 11 is 0. The molecule has 1 amide bonds. The zero-order valence-corrected chi connectivity index (χ0v) is 13.7. The number of pyridine rings is 2. The van der Waals surface area contributed by atoms with E-state index in [9.17, 15) is 9.59 Å². The summed E-state index contributed by atoms with van der Waals surface area (Å²) < 4.78 is 1.56. The first-order chi connectivity index (χ1) is 11.2. The molecule has 2 heterocycles. The average Bonchev–Trinajstić information content (AvgIpc) is 2.59. The Morgan fingerprint density at radius 1 is 1.35 bits per heavy atom. The van der Waals surface area contributed by atoms with Gasteiger partial charge >= 0.3 is 0 Å². The highest BCUT2D eigenvalue weighted by Gasteiger charge is 2.16. The van der Waals surface area contributed by atoms with Gasteiger partial charge in [0.05, 0.1) is 6.04 Å². The molecule has 0 radical (unpaired) electrons. The number of nitrogens with one attached hydrogen (secondary N) is 1. The maximum atomic E-state index is 12.5. The standard InChI is InChI=1S/C18H23N3O2/c1-3-5-8-16(15-7-6-10-19-13-15)20-18(23)14-9-11-21(4-2)17(22)12-14/h6-7,9-13,16H,3-5,8H2,1-2H3,(H,20,23). The van der Waals surface area contributed by atoms with Crippen molar-refractivity contribution in [2.75, 3.05) is 0 Å². The molecule has 0 bridgehead atoms. The summed E-state index contributed by atoms with van der Waals surface area (Å²) in [6, 6.07) is 6.80.